The van der Waals surface area contributed by atoms with Crippen molar-refractivity contribution >= 4 is 29.1 Å². The van der Waals surface area contributed by atoms with Crippen LogP contribution in [0.3, 0.4) is 0 Å². The Morgan fingerprint density at radius 1 is 1.41 bits per heavy atom. The summed E-state index contributed by atoms with van der Waals surface area (Å²) in [5.41, 5.74) is 0.443. The molecule has 1 aromatic heterocycles. The van der Waals surface area contributed by atoms with Crippen molar-refractivity contribution in [2.24, 2.45) is 0 Å². The van der Waals surface area contributed by atoms with E-state index in [4.69, 9.17) is 11.6 Å². The van der Waals surface area contributed by atoms with Crippen LogP contribution in [0.15, 0.2) is 24.4 Å². The van der Waals surface area contributed by atoms with E-state index in [-0.39, 0.29) is 29.0 Å². The highest BCUT2D eigenvalue weighted by atomic mass is 35.5. The van der Waals surface area contributed by atoms with Gasteiger partial charge in [0.1, 0.15) is 12.0 Å². The van der Waals surface area contributed by atoms with Crippen molar-refractivity contribution in [3.63, 3.8) is 0 Å². The van der Waals surface area contributed by atoms with Crippen molar-refractivity contribution in [2.45, 2.75) is 13.5 Å². The van der Waals surface area contributed by atoms with Crippen molar-refractivity contribution in [1.82, 2.24) is 9.97 Å². The summed E-state index contributed by atoms with van der Waals surface area (Å²) in [6.07, 6.45) is 1.12. The first-order valence-electron chi connectivity index (χ1n) is 6.44. The second kappa shape index (κ2) is 6.99. The molecular formula is C13H13ClFN5O2. The van der Waals surface area contributed by atoms with E-state index in [0.717, 1.165) is 6.20 Å². The summed E-state index contributed by atoms with van der Waals surface area (Å²) < 4.78 is 13.3. The summed E-state index contributed by atoms with van der Waals surface area (Å²) in [5, 5.41) is 16.6. The van der Waals surface area contributed by atoms with Crippen LogP contribution in [0.4, 0.5) is 21.8 Å². The van der Waals surface area contributed by atoms with Gasteiger partial charge in [0, 0.05) is 13.1 Å². The molecule has 1 aromatic carbocycles. The van der Waals surface area contributed by atoms with Gasteiger partial charge in [0.15, 0.2) is 0 Å². The van der Waals surface area contributed by atoms with Crippen molar-refractivity contribution < 1.29 is 9.31 Å². The average molecular weight is 326 g/mol. The quantitative estimate of drug-likeness (QED) is 0.625. The fourth-order valence-electron chi connectivity index (χ4n) is 1.72. The van der Waals surface area contributed by atoms with Gasteiger partial charge in [0.2, 0.25) is 11.8 Å². The predicted molar refractivity (Wildman–Crippen MR) is 81.6 cm³/mol. The molecule has 0 saturated carbocycles. The maximum atomic E-state index is 13.3. The van der Waals surface area contributed by atoms with Crippen molar-refractivity contribution in [1.29, 1.82) is 0 Å². The van der Waals surface area contributed by atoms with Gasteiger partial charge in [0.25, 0.3) is 0 Å². The molecule has 0 atom stereocenters. The standard InChI is InChI=1S/C13H13ClFN5O2/c1-2-16-12-11(20(21)22)7-18-13(19-12)17-6-8-3-4-9(14)10(15)5-8/h3-5,7H,2,6H2,1H3,(H2,16,17,18,19). The minimum absolute atomic E-state index is 0.0461. The highest BCUT2D eigenvalue weighted by molar-refractivity contribution is 6.30. The fourth-order valence-corrected chi connectivity index (χ4v) is 1.84. The lowest BCUT2D eigenvalue weighted by Gasteiger charge is -2.08. The summed E-state index contributed by atoms with van der Waals surface area (Å²) in [6, 6.07) is 4.41. The molecule has 2 N–H and O–H groups in total. The first-order chi connectivity index (χ1) is 10.5. The normalized spacial score (nSPS) is 10.3. The molecule has 9 heteroatoms. The van der Waals surface area contributed by atoms with Gasteiger partial charge < -0.3 is 10.6 Å². The van der Waals surface area contributed by atoms with Crippen molar-refractivity contribution in [3.05, 3.63) is 50.9 Å². The molecule has 0 amide bonds. The van der Waals surface area contributed by atoms with Crippen LogP contribution >= 0.6 is 11.6 Å². The molecular weight excluding hydrogens is 313 g/mol. The highest BCUT2D eigenvalue weighted by Crippen LogP contribution is 2.22. The van der Waals surface area contributed by atoms with E-state index in [1.54, 1.807) is 13.0 Å². The Hall–Kier alpha value is -2.48. The number of anilines is 2. The van der Waals surface area contributed by atoms with Crippen molar-refractivity contribution in [2.75, 3.05) is 17.2 Å². The number of rotatable bonds is 6. The molecule has 0 spiro atoms. The lowest BCUT2D eigenvalue weighted by Crippen LogP contribution is -2.09. The molecule has 0 unspecified atom stereocenters. The fraction of sp³-hybridized carbons (Fsp3) is 0.231. The summed E-state index contributed by atoms with van der Waals surface area (Å²) >= 11 is 5.61. The summed E-state index contributed by atoms with van der Waals surface area (Å²) in [5.74, 6) is -0.178. The van der Waals surface area contributed by atoms with Gasteiger partial charge >= 0.3 is 5.69 Å². The van der Waals surface area contributed by atoms with Crippen LogP contribution in [0.25, 0.3) is 0 Å². The third-order valence-electron chi connectivity index (χ3n) is 2.75. The number of hydrogen-bond donors (Lipinski definition) is 2. The number of nitro groups is 1. The van der Waals surface area contributed by atoms with Crippen LogP contribution < -0.4 is 10.6 Å². The monoisotopic (exact) mass is 325 g/mol. The SMILES string of the molecule is CCNc1nc(NCc2ccc(Cl)c(F)c2)ncc1[N+](=O)[O-]. The molecule has 0 aliphatic heterocycles. The van der Waals surface area contributed by atoms with Crippen LogP contribution in [0.2, 0.25) is 5.02 Å². The molecule has 0 fully saturated rings. The second-order valence-corrected chi connectivity index (χ2v) is 4.72. The first-order valence-corrected chi connectivity index (χ1v) is 6.82. The van der Waals surface area contributed by atoms with Crippen LogP contribution in [-0.2, 0) is 6.54 Å². The van der Waals surface area contributed by atoms with Crippen LogP contribution in [0.1, 0.15) is 12.5 Å². The van der Waals surface area contributed by atoms with Gasteiger partial charge in [-0.2, -0.15) is 4.98 Å². The average Bonchev–Trinajstić information content (AvgIpc) is 2.49. The second-order valence-electron chi connectivity index (χ2n) is 4.32. The van der Waals surface area contributed by atoms with Crippen LogP contribution in [-0.4, -0.2) is 21.4 Å². The van der Waals surface area contributed by atoms with E-state index < -0.39 is 10.7 Å². The third kappa shape index (κ3) is 3.79. The lowest BCUT2D eigenvalue weighted by atomic mass is 10.2. The summed E-state index contributed by atoms with van der Waals surface area (Å²) in [4.78, 5) is 18.2. The van der Waals surface area contributed by atoms with E-state index >= 15 is 0 Å². The molecule has 0 radical (unpaired) electrons. The maximum absolute atomic E-state index is 13.3. The van der Waals surface area contributed by atoms with E-state index in [9.17, 15) is 14.5 Å². The third-order valence-corrected chi connectivity index (χ3v) is 3.05. The van der Waals surface area contributed by atoms with Crippen LogP contribution in [0, 0.1) is 15.9 Å². The number of nitrogens with zero attached hydrogens (tertiary/aromatic N) is 3. The predicted octanol–water partition coefficient (Wildman–Crippen LogP) is 3.22. The maximum Gasteiger partial charge on any atom is 0.329 e. The van der Waals surface area contributed by atoms with Crippen LogP contribution in [0.5, 0.6) is 0 Å². The minimum Gasteiger partial charge on any atom is -0.364 e. The Balaban J connectivity index is 2.14. The van der Waals surface area contributed by atoms with Gasteiger partial charge in [-0.25, -0.2) is 9.37 Å². The largest absolute Gasteiger partial charge is 0.364 e. The molecule has 7 nitrogen and oxygen atoms in total. The van der Waals surface area contributed by atoms with Gasteiger partial charge in [-0.05, 0) is 24.6 Å². The zero-order valence-electron chi connectivity index (χ0n) is 11.6. The highest BCUT2D eigenvalue weighted by Gasteiger charge is 2.16. The summed E-state index contributed by atoms with van der Waals surface area (Å²) in [6.45, 7) is 2.55. The van der Waals surface area contributed by atoms with Crippen molar-refractivity contribution in [3.8, 4) is 0 Å². The Morgan fingerprint density at radius 3 is 2.82 bits per heavy atom. The molecule has 0 aliphatic carbocycles. The number of halogens is 2. The van der Waals surface area contributed by atoms with E-state index in [2.05, 4.69) is 20.6 Å². The smallest absolute Gasteiger partial charge is 0.329 e. The molecule has 2 aromatic rings. The van der Waals surface area contributed by atoms with Gasteiger partial charge in [-0.3, -0.25) is 10.1 Å². The Bertz CT molecular complexity index is 698. The molecule has 0 saturated heterocycles. The summed E-state index contributed by atoms with van der Waals surface area (Å²) in [7, 11) is 0. The number of nitrogens with one attached hydrogen (secondary N) is 2. The number of hydrogen-bond acceptors (Lipinski definition) is 6. The first kappa shape index (κ1) is 15.9. The molecule has 116 valence electrons. The number of aromatic nitrogens is 2. The number of benzene rings is 1. The van der Waals surface area contributed by atoms with Gasteiger partial charge in [-0.15, -0.1) is 0 Å². The Labute approximate surface area is 130 Å². The molecule has 0 bridgehead atoms. The van der Waals surface area contributed by atoms with E-state index in [0.29, 0.717) is 12.1 Å². The minimum atomic E-state index is -0.559. The molecule has 22 heavy (non-hydrogen) atoms. The lowest BCUT2D eigenvalue weighted by molar-refractivity contribution is -0.384. The van der Waals surface area contributed by atoms with E-state index in [1.807, 2.05) is 0 Å². The van der Waals surface area contributed by atoms with E-state index in [1.165, 1.54) is 12.1 Å². The van der Waals surface area contributed by atoms with Gasteiger partial charge in [-0.1, -0.05) is 17.7 Å². The molecule has 2 rings (SSSR count). The topological polar surface area (TPSA) is 93.0 Å². The molecule has 0 aliphatic rings. The zero-order chi connectivity index (χ0) is 16.1. The van der Waals surface area contributed by atoms with Gasteiger partial charge in [0.05, 0.1) is 9.95 Å². The Kier molecular flexibility index (Phi) is 5.05. The Morgan fingerprint density at radius 2 is 2.18 bits per heavy atom. The molecule has 1 heterocycles. The zero-order valence-corrected chi connectivity index (χ0v) is 12.4.